The average Bonchev–Trinajstić information content (AvgIpc) is 3.24. The molecule has 0 bridgehead atoms. The highest BCUT2D eigenvalue weighted by atomic mass is 32.2. The molecule has 162 valence electrons. The molecule has 3 rings (SSSR count). The second-order valence-electron chi connectivity index (χ2n) is 7.01. The molecule has 2 aromatic carbocycles. The summed E-state index contributed by atoms with van der Waals surface area (Å²) in [6.07, 6.45) is 0. The van der Waals surface area contributed by atoms with E-state index in [0.717, 1.165) is 14.4 Å². The van der Waals surface area contributed by atoms with Crippen LogP contribution in [0.15, 0.2) is 57.2 Å². The molecule has 0 aliphatic carbocycles. The smallest absolute Gasteiger partial charge is 0.251 e. The average molecular weight is 473 g/mol. The molecule has 0 fully saturated rings. The Bertz CT molecular complexity index is 1020. The van der Waals surface area contributed by atoms with E-state index in [1.54, 1.807) is 43.1 Å². The van der Waals surface area contributed by atoms with Crippen molar-refractivity contribution in [3.05, 3.63) is 65.2 Å². The van der Waals surface area contributed by atoms with Crippen molar-refractivity contribution < 1.29 is 9.59 Å². The Morgan fingerprint density at radius 2 is 1.61 bits per heavy atom. The molecule has 3 aromatic rings. The molecule has 1 heterocycles. The third-order valence-corrected chi connectivity index (χ3v) is 7.64. The van der Waals surface area contributed by atoms with E-state index >= 15 is 0 Å². The second kappa shape index (κ2) is 11.3. The number of benzene rings is 2. The minimum Gasteiger partial charge on any atom is -0.355 e. The van der Waals surface area contributed by atoms with Crippen molar-refractivity contribution in [1.82, 2.24) is 15.5 Å². The third kappa shape index (κ3) is 7.09. The van der Waals surface area contributed by atoms with Crippen LogP contribution >= 0.6 is 34.9 Å². The minimum atomic E-state index is -0.161. The number of nitrogens with zero attached hydrogens (tertiary/aromatic N) is 2. The fourth-order valence-electron chi connectivity index (χ4n) is 2.63. The van der Waals surface area contributed by atoms with Gasteiger partial charge in [0.05, 0.1) is 5.75 Å². The number of rotatable bonds is 9. The van der Waals surface area contributed by atoms with Gasteiger partial charge in [0.1, 0.15) is 0 Å². The maximum atomic E-state index is 12.2. The number of thioether (sulfide) groups is 2. The van der Waals surface area contributed by atoms with Crippen molar-refractivity contribution >= 4 is 52.4 Å². The van der Waals surface area contributed by atoms with Gasteiger partial charge in [-0.1, -0.05) is 73.0 Å². The number of anilines is 1. The molecule has 0 unspecified atom stereocenters. The summed E-state index contributed by atoms with van der Waals surface area (Å²) >= 11 is 4.51. The molecular weight excluding hydrogens is 448 g/mol. The quantitative estimate of drug-likeness (QED) is 0.424. The predicted molar refractivity (Wildman–Crippen MR) is 129 cm³/mol. The summed E-state index contributed by atoms with van der Waals surface area (Å²) in [7, 11) is 1.58. The van der Waals surface area contributed by atoms with Gasteiger partial charge in [-0.25, -0.2) is 0 Å². The van der Waals surface area contributed by atoms with E-state index in [1.807, 2.05) is 0 Å². The highest BCUT2D eigenvalue weighted by Crippen LogP contribution is 2.31. The fourth-order valence-corrected chi connectivity index (χ4v) is 5.41. The highest BCUT2D eigenvalue weighted by molar-refractivity contribution is 8.03. The highest BCUT2D eigenvalue weighted by Gasteiger charge is 2.10. The molecule has 6 nitrogen and oxygen atoms in total. The molecule has 0 aliphatic rings. The van der Waals surface area contributed by atoms with Crippen LogP contribution in [0.2, 0.25) is 0 Å². The van der Waals surface area contributed by atoms with Gasteiger partial charge in [-0.2, -0.15) is 0 Å². The van der Waals surface area contributed by atoms with E-state index in [1.165, 1.54) is 34.2 Å². The van der Waals surface area contributed by atoms with E-state index in [9.17, 15) is 9.59 Å². The number of hydrogen-bond donors (Lipinski definition) is 2. The lowest BCUT2D eigenvalue weighted by Gasteiger charge is -2.06. The molecule has 9 heteroatoms. The summed E-state index contributed by atoms with van der Waals surface area (Å²) in [6, 6.07) is 15.4. The zero-order valence-electron chi connectivity index (χ0n) is 17.5. The van der Waals surface area contributed by atoms with E-state index < -0.39 is 0 Å². The van der Waals surface area contributed by atoms with Crippen LogP contribution in [-0.4, -0.2) is 34.8 Å². The van der Waals surface area contributed by atoms with E-state index in [2.05, 4.69) is 58.9 Å². The lowest BCUT2D eigenvalue weighted by molar-refractivity contribution is -0.113. The number of aromatic nitrogens is 2. The third-order valence-electron chi connectivity index (χ3n) is 4.38. The molecule has 0 radical (unpaired) electrons. The van der Waals surface area contributed by atoms with Crippen molar-refractivity contribution in [2.45, 2.75) is 34.2 Å². The molecule has 0 saturated heterocycles. The first-order chi connectivity index (χ1) is 14.9. The maximum absolute atomic E-state index is 12.2. The van der Waals surface area contributed by atoms with Gasteiger partial charge in [0.15, 0.2) is 8.68 Å². The number of nitrogens with one attached hydrogen (secondary N) is 2. The van der Waals surface area contributed by atoms with Crippen LogP contribution < -0.4 is 10.6 Å². The SMILES string of the molecule is CNC(=O)c1ccc(NC(=O)CSc2nnc(SCc3ccc(C(C)C)cc3)s2)cc1. The van der Waals surface area contributed by atoms with Gasteiger partial charge in [0.2, 0.25) is 5.91 Å². The molecule has 0 spiro atoms. The van der Waals surface area contributed by atoms with Gasteiger partial charge >= 0.3 is 0 Å². The van der Waals surface area contributed by atoms with Crippen LogP contribution in [0.25, 0.3) is 0 Å². The lowest BCUT2D eigenvalue weighted by Crippen LogP contribution is -2.18. The predicted octanol–water partition coefficient (Wildman–Crippen LogP) is 5.04. The number of carbonyl (C=O) groups is 2. The van der Waals surface area contributed by atoms with Gasteiger partial charge in [-0.15, -0.1) is 10.2 Å². The molecule has 31 heavy (non-hydrogen) atoms. The van der Waals surface area contributed by atoms with Crippen molar-refractivity contribution in [3.8, 4) is 0 Å². The summed E-state index contributed by atoms with van der Waals surface area (Å²) in [5.74, 6) is 1.32. The van der Waals surface area contributed by atoms with Gasteiger partial charge in [0.25, 0.3) is 5.91 Å². The summed E-state index contributed by atoms with van der Waals surface area (Å²) in [5, 5.41) is 13.8. The Kier molecular flexibility index (Phi) is 8.51. The Balaban J connectivity index is 1.44. The van der Waals surface area contributed by atoms with Crippen LogP contribution in [-0.2, 0) is 10.5 Å². The van der Waals surface area contributed by atoms with Crippen LogP contribution in [0, 0.1) is 0 Å². The van der Waals surface area contributed by atoms with Crippen LogP contribution in [0.1, 0.15) is 41.3 Å². The number of hydrogen-bond acceptors (Lipinski definition) is 7. The van der Waals surface area contributed by atoms with Gasteiger partial charge in [-0.3, -0.25) is 9.59 Å². The first-order valence-corrected chi connectivity index (χ1v) is 12.5. The van der Waals surface area contributed by atoms with Crippen molar-refractivity contribution in [1.29, 1.82) is 0 Å². The van der Waals surface area contributed by atoms with Gasteiger partial charge in [0, 0.05) is 24.1 Å². The summed E-state index contributed by atoms with van der Waals surface area (Å²) in [4.78, 5) is 23.8. The Labute approximate surface area is 194 Å². The summed E-state index contributed by atoms with van der Waals surface area (Å²) < 4.78 is 1.66. The Morgan fingerprint density at radius 3 is 2.23 bits per heavy atom. The monoisotopic (exact) mass is 472 g/mol. The zero-order valence-corrected chi connectivity index (χ0v) is 20.0. The fraction of sp³-hybridized carbons (Fsp3) is 0.273. The number of carbonyl (C=O) groups excluding carboxylic acids is 2. The van der Waals surface area contributed by atoms with Gasteiger partial charge < -0.3 is 10.6 Å². The first-order valence-electron chi connectivity index (χ1n) is 9.74. The van der Waals surface area contributed by atoms with Gasteiger partial charge in [-0.05, 0) is 41.3 Å². The van der Waals surface area contributed by atoms with Crippen molar-refractivity contribution in [2.75, 3.05) is 18.1 Å². The maximum Gasteiger partial charge on any atom is 0.251 e. The van der Waals surface area contributed by atoms with Crippen LogP contribution in [0.4, 0.5) is 5.69 Å². The number of amides is 2. The Hall–Kier alpha value is -2.36. The molecule has 0 atom stereocenters. The topological polar surface area (TPSA) is 84.0 Å². The first kappa shape index (κ1) is 23.3. The summed E-state index contributed by atoms with van der Waals surface area (Å²) in [5.41, 5.74) is 3.78. The van der Waals surface area contributed by atoms with Crippen molar-refractivity contribution in [2.24, 2.45) is 0 Å². The van der Waals surface area contributed by atoms with E-state index in [4.69, 9.17) is 0 Å². The zero-order chi connectivity index (χ0) is 22.2. The molecule has 0 saturated carbocycles. The van der Waals surface area contributed by atoms with Crippen molar-refractivity contribution in [3.63, 3.8) is 0 Å². The second-order valence-corrected chi connectivity index (χ2v) is 10.4. The normalized spacial score (nSPS) is 10.8. The minimum absolute atomic E-state index is 0.132. The van der Waals surface area contributed by atoms with E-state index in [0.29, 0.717) is 17.2 Å². The molecule has 0 aliphatic heterocycles. The van der Waals surface area contributed by atoms with Crippen LogP contribution in [0.3, 0.4) is 0 Å². The molecular formula is C22H24N4O2S3. The van der Waals surface area contributed by atoms with Crippen LogP contribution in [0.5, 0.6) is 0 Å². The van der Waals surface area contributed by atoms with E-state index in [-0.39, 0.29) is 17.6 Å². The molecule has 1 aromatic heterocycles. The standard InChI is InChI=1S/C22H24N4O2S3/c1-14(2)16-6-4-15(5-7-16)12-29-21-25-26-22(31-21)30-13-19(27)24-18-10-8-17(9-11-18)20(28)23-3/h4-11,14H,12-13H2,1-3H3,(H,23,28)(H,24,27). The Morgan fingerprint density at radius 1 is 0.968 bits per heavy atom. The molecule has 2 amide bonds. The summed E-state index contributed by atoms with van der Waals surface area (Å²) in [6.45, 7) is 4.38. The molecule has 2 N–H and O–H groups in total. The largest absolute Gasteiger partial charge is 0.355 e. The lowest BCUT2D eigenvalue weighted by atomic mass is 10.0.